The molecule has 0 amide bonds. The summed E-state index contributed by atoms with van der Waals surface area (Å²) < 4.78 is 7.30. The van der Waals surface area contributed by atoms with Crippen LogP contribution in [0.15, 0.2) is 11.1 Å². The van der Waals surface area contributed by atoms with E-state index in [2.05, 4.69) is 5.10 Å². The van der Waals surface area contributed by atoms with Crippen molar-refractivity contribution in [1.29, 1.82) is 0 Å². The van der Waals surface area contributed by atoms with Gasteiger partial charge >= 0.3 is 11.7 Å². The van der Waals surface area contributed by atoms with Gasteiger partial charge < -0.3 is 9.84 Å². The lowest BCUT2D eigenvalue weighted by molar-refractivity contribution is -0.151. The number of nitrogens with zero attached hydrogens (tertiary/aromatic N) is 3. The van der Waals surface area contributed by atoms with Crippen LogP contribution in [0, 0.1) is 0 Å². The minimum absolute atomic E-state index is 0.0805. The highest BCUT2D eigenvalue weighted by atomic mass is 16.5. The van der Waals surface area contributed by atoms with Crippen molar-refractivity contribution in [2.45, 2.75) is 19.6 Å². The summed E-state index contributed by atoms with van der Waals surface area (Å²) in [6.07, 6.45) is 0.287. The van der Waals surface area contributed by atoms with Crippen LogP contribution in [0.25, 0.3) is 0 Å². The first-order valence-corrected chi connectivity index (χ1v) is 4.49. The Balaban J connectivity index is 2.78. The minimum atomic E-state index is -1.10. The number of aliphatic carboxylic acids is 1. The molecule has 1 N–H and O–H groups in total. The van der Waals surface area contributed by atoms with Crippen LogP contribution in [0.1, 0.15) is 6.92 Å². The van der Waals surface area contributed by atoms with E-state index in [0.717, 1.165) is 4.68 Å². The van der Waals surface area contributed by atoms with Crippen LogP contribution in [-0.4, -0.2) is 38.1 Å². The van der Waals surface area contributed by atoms with Gasteiger partial charge in [0.25, 0.3) is 0 Å². The molecular formula is C8H13N3O4. The van der Waals surface area contributed by atoms with Gasteiger partial charge in [-0.05, 0) is 6.92 Å². The molecule has 84 valence electrons. The van der Waals surface area contributed by atoms with Gasteiger partial charge in [-0.15, -0.1) is 0 Å². The zero-order valence-electron chi connectivity index (χ0n) is 8.58. The van der Waals surface area contributed by atoms with Gasteiger partial charge in [0, 0.05) is 13.7 Å². The van der Waals surface area contributed by atoms with Gasteiger partial charge in [-0.25, -0.2) is 14.3 Å². The molecule has 0 aromatic carbocycles. The monoisotopic (exact) mass is 215 g/mol. The summed E-state index contributed by atoms with van der Waals surface area (Å²) in [6, 6.07) is 0. The molecule has 0 aliphatic carbocycles. The molecule has 1 heterocycles. The van der Waals surface area contributed by atoms with Crippen molar-refractivity contribution in [2.24, 2.45) is 7.05 Å². The Morgan fingerprint density at radius 1 is 1.73 bits per heavy atom. The summed E-state index contributed by atoms with van der Waals surface area (Å²) in [5, 5.41) is 12.5. The molecule has 0 radical (unpaired) electrons. The first kappa shape index (κ1) is 11.4. The molecule has 0 aliphatic heterocycles. The van der Waals surface area contributed by atoms with E-state index in [-0.39, 0.29) is 18.8 Å². The third kappa shape index (κ3) is 2.66. The predicted molar refractivity (Wildman–Crippen MR) is 50.5 cm³/mol. The molecule has 1 aromatic heterocycles. The number of carbonyl (C=O) groups is 1. The molecule has 7 nitrogen and oxygen atoms in total. The number of carboxylic acid groups (broad SMARTS) is 1. The first-order valence-electron chi connectivity index (χ1n) is 4.49. The zero-order valence-corrected chi connectivity index (χ0v) is 8.58. The zero-order chi connectivity index (χ0) is 11.4. The smallest absolute Gasteiger partial charge is 0.345 e. The van der Waals surface area contributed by atoms with Crippen molar-refractivity contribution >= 4 is 5.97 Å². The first-order chi connectivity index (χ1) is 7.06. The Bertz CT molecular complexity index is 395. The SMILES string of the molecule is CCOC(Cn1ncn(C)c1=O)C(=O)O. The number of carboxylic acids is 1. The van der Waals surface area contributed by atoms with E-state index < -0.39 is 12.1 Å². The largest absolute Gasteiger partial charge is 0.479 e. The number of rotatable bonds is 5. The summed E-state index contributed by atoms with van der Waals surface area (Å²) in [4.78, 5) is 22.1. The van der Waals surface area contributed by atoms with Crippen LogP contribution in [0.5, 0.6) is 0 Å². The lowest BCUT2D eigenvalue weighted by Gasteiger charge is -2.10. The Morgan fingerprint density at radius 3 is 2.80 bits per heavy atom. The van der Waals surface area contributed by atoms with Crippen molar-refractivity contribution in [3.05, 3.63) is 16.8 Å². The van der Waals surface area contributed by atoms with Gasteiger partial charge in [0.05, 0.1) is 6.54 Å². The number of aromatic nitrogens is 3. The van der Waals surface area contributed by atoms with Gasteiger partial charge in [-0.1, -0.05) is 0 Å². The molecule has 0 aliphatic rings. The normalized spacial score (nSPS) is 12.7. The second-order valence-electron chi connectivity index (χ2n) is 2.99. The maximum atomic E-state index is 11.3. The molecule has 1 aromatic rings. The van der Waals surface area contributed by atoms with E-state index in [4.69, 9.17) is 9.84 Å². The van der Waals surface area contributed by atoms with E-state index in [0.29, 0.717) is 0 Å². The summed E-state index contributed by atoms with van der Waals surface area (Å²) >= 11 is 0. The highest BCUT2D eigenvalue weighted by Gasteiger charge is 2.19. The third-order valence-electron chi connectivity index (χ3n) is 1.87. The topological polar surface area (TPSA) is 86.4 Å². The molecule has 15 heavy (non-hydrogen) atoms. The lowest BCUT2D eigenvalue weighted by atomic mass is 10.3. The highest BCUT2D eigenvalue weighted by Crippen LogP contribution is 1.95. The average Bonchev–Trinajstić information content (AvgIpc) is 2.48. The van der Waals surface area contributed by atoms with Crippen molar-refractivity contribution < 1.29 is 14.6 Å². The molecule has 0 saturated heterocycles. The van der Waals surface area contributed by atoms with Crippen molar-refractivity contribution in [3.63, 3.8) is 0 Å². The molecule has 0 spiro atoms. The maximum absolute atomic E-state index is 11.3. The standard InChI is InChI=1S/C8H13N3O4/c1-3-15-6(7(12)13)4-11-8(14)10(2)5-9-11/h5-6H,3-4H2,1-2H3,(H,12,13). The fraction of sp³-hybridized carbons (Fsp3) is 0.625. The van der Waals surface area contributed by atoms with Gasteiger partial charge in [0.15, 0.2) is 6.10 Å². The van der Waals surface area contributed by atoms with Crippen molar-refractivity contribution in [1.82, 2.24) is 14.3 Å². The summed E-state index contributed by atoms with van der Waals surface area (Å²) in [5.41, 5.74) is -0.360. The number of ether oxygens (including phenoxy) is 1. The molecular weight excluding hydrogens is 202 g/mol. The third-order valence-corrected chi connectivity index (χ3v) is 1.87. The van der Waals surface area contributed by atoms with E-state index in [1.165, 1.54) is 10.9 Å². The fourth-order valence-corrected chi connectivity index (χ4v) is 1.11. The van der Waals surface area contributed by atoms with Crippen molar-refractivity contribution in [3.8, 4) is 0 Å². The molecule has 0 fully saturated rings. The maximum Gasteiger partial charge on any atom is 0.345 e. The number of hydrogen-bond acceptors (Lipinski definition) is 4. The highest BCUT2D eigenvalue weighted by molar-refractivity contribution is 5.72. The average molecular weight is 215 g/mol. The van der Waals surface area contributed by atoms with E-state index in [9.17, 15) is 9.59 Å². The molecule has 1 unspecified atom stereocenters. The van der Waals surface area contributed by atoms with Gasteiger partial charge in [-0.2, -0.15) is 5.10 Å². The van der Waals surface area contributed by atoms with Crippen LogP contribution in [-0.2, 0) is 23.1 Å². The summed E-state index contributed by atoms with van der Waals surface area (Å²) in [7, 11) is 1.54. The number of hydrogen-bond donors (Lipinski definition) is 1. The van der Waals surface area contributed by atoms with Gasteiger partial charge in [-0.3, -0.25) is 4.57 Å². The second-order valence-corrected chi connectivity index (χ2v) is 2.99. The summed E-state index contributed by atoms with van der Waals surface area (Å²) in [5.74, 6) is -1.10. The van der Waals surface area contributed by atoms with Crippen LogP contribution in [0.4, 0.5) is 0 Å². The molecule has 0 saturated carbocycles. The van der Waals surface area contributed by atoms with Crippen LogP contribution >= 0.6 is 0 Å². The lowest BCUT2D eigenvalue weighted by Crippen LogP contribution is -2.34. The molecule has 1 rings (SSSR count). The fourth-order valence-electron chi connectivity index (χ4n) is 1.11. The van der Waals surface area contributed by atoms with Crippen molar-refractivity contribution in [2.75, 3.05) is 6.61 Å². The molecule has 1 atom stereocenters. The Kier molecular flexibility index (Phi) is 3.62. The van der Waals surface area contributed by atoms with Crippen LogP contribution < -0.4 is 5.69 Å². The van der Waals surface area contributed by atoms with E-state index in [1.54, 1.807) is 14.0 Å². The Morgan fingerprint density at radius 2 is 2.40 bits per heavy atom. The summed E-state index contributed by atoms with van der Waals surface area (Å²) in [6.45, 7) is 1.89. The van der Waals surface area contributed by atoms with Crippen LogP contribution in [0.2, 0.25) is 0 Å². The van der Waals surface area contributed by atoms with E-state index >= 15 is 0 Å². The van der Waals surface area contributed by atoms with Gasteiger partial charge in [0.1, 0.15) is 6.33 Å². The molecule has 7 heteroatoms. The second kappa shape index (κ2) is 4.74. The minimum Gasteiger partial charge on any atom is -0.479 e. The molecule has 0 bridgehead atoms. The van der Waals surface area contributed by atoms with Gasteiger partial charge in [0.2, 0.25) is 0 Å². The Labute approximate surface area is 85.9 Å². The van der Waals surface area contributed by atoms with Crippen LogP contribution in [0.3, 0.4) is 0 Å². The quantitative estimate of drug-likeness (QED) is 0.685. The predicted octanol–water partition coefficient (Wildman–Crippen LogP) is -0.928. The van der Waals surface area contributed by atoms with E-state index in [1.807, 2.05) is 0 Å². The Hall–Kier alpha value is -1.63. The number of aryl methyl sites for hydroxylation is 1.